The lowest BCUT2D eigenvalue weighted by Gasteiger charge is -2.16. The van der Waals surface area contributed by atoms with Crippen molar-refractivity contribution in [1.82, 2.24) is 4.57 Å². The quantitative estimate of drug-likeness (QED) is 0.582. The van der Waals surface area contributed by atoms with E-state index < -0.39 is 6.10 Å². The van der Waals surface area contributed by atoms with E-state index >= 15 is 0 Å². The molecule has 0 aliphatic heterocycles. The summed E-state index contributed by atoms with van der Waals surface area (Å²) < 4.78 is 7.99. The van der Waals surface area contributed by atoms with Crippen LogP contribution in [0, 0.1) is 6.92 Å². The molecular formula is C22H21NO2. The first-order valence-corrected chi connectivity index (χ1v) is 8.56. The van der Waals surface area contributed by atoms with Crippen LogP contribution in [0.2, 0.25) is 0 Å². The Morgan fingerprint density at radius 1 is 0.840 bits per heavy atom. The maximum absolute atomic E-state index is 10.5. The van der Waals surface area contributed by atoms with Gasteiger partial charge in [0.05, 0.1) is 6.54 Å². The number of ether oxygens (including phenoxy) is 1. The molecule has 0 unspecified atom stereocenters. The van der Waals surface area contributed by atoms with E-state index in [-0.39, 0.29) is 6.61 Å². The van der Waals surface area contributed by atoms with Gasteiger partial charge in [0.2, 0.25) is 0 Å². The summed E-state index contributed by atoms with van der Waals surface area (Å²) in [4.78, 5) is 0. The minimum Gasteiger partial charge on any atom is -0.491 e. The second-order valence-electron chi connectivity index (χ2n) is 6.38. The van der Waals surface area contributed by atoms with Crippen LogP contribution in [0.3, 0.4) is 0 Å². The Bertz CT molecular complexity index is 966. The van der Waals surface area contributed by atoms with Gasteiger partial charge in [0.25, 0.3) is 0 Å². The third-order valence-corrected chi connectivity index (χ3v) is 4.60. The lowest BCUT2D eigenvalue weighted by atomic mass is 10.2. The Morgan fingerprint density at radius 3 is 2.04 bits per heavy atom. The van der Waals surface area contributed by atoms with Crippen LogP contribution in [0.25, 0.3) is 21.8 Å². The number of aromatic nitrogens is 1. The third-order valence-electron chi connectivity index (χ3n) is 4.60. The number of fused-ring (bicyclic) bond motifs is 3. The molecule has 0 spiro atoms. The van der Waals surface area contributed by atoms with Crippen molar-refractivity contribution in [3.8, 4) is 5.75 Å². The molecule has 0 aliphatic carbocycles. The number of hydrogen-bond acceptors (Lipinski definition) is 2. The molecule has 0 radical (unpaired) electrons. The Kier molecular flexibility index (Phi) is 4.16. The number of rotatable bonds is 5. The van der Waals surface area contributed by atoms with Gasteiger partial charge in [-0.1, -0.05) is 54.6 Å². The van der Waals surface area contributed by atoms with Crippen LogP contribution in [0.1, 0.15) is 5.56 Å². The smallest absolute Gasteiger partial charge is 0.122 e. The fraction of sp³-hybridized carbons (Fsp3) is 0.182. The minimum absolute atomic E-state index is 0.270. The maximum Gasteiger partial charge on any atom is 0.122 e. The van der Waals surface area contributed by atoms with Gasteiger partial charge in [-0.3, -0.25) is 0 Å². The number of aliphatic hydroxyl groups is 1. The van der Waals surface area contributed by atoms with Crippen molar-refractivity contribution in [2.75, 3.05) is 6.61 Å². The average molecular weight is 331 g/mol. The van der Waals surface area contributed by atoms with Gasteiger partial charge >= 0.3 is 0 Å². The molecule has 4 rings (SSSR count). The second-order valence-corrected chi connectivity index (χ2v) is 6.38. The third kappa shape index (κ3) is 2.99. The molecule has 1 atom stereocenters. The molecule has 0 aliphatic rings. The van der Waals surface area contributed by atoms with Gasteiger partial charge in [-0.05, 0) is 30.7 Å². The van der Waals surface area contributed by atoms with E-state index in [1.54, 1.807) is 0 Å². The lowest BCUT2D eigenvalue weighted by Crippen LogP contribution is -2.23. The van der Waals surface area contributed by atoms with Gasteiger partial charge in [-0.2, -0.15) is 0 Å². The maximum atomic E-state index is 10.5. The highest BCUT2D eigenvalue weighted by molar-refractivity contribution is 6.07. The highest BCUT2D eigenvalue weighted by Crippen LogP contribution is 2.29. The zero-order valence-electron chi connectivity index (χ0n) is 14.2. The highest BCUT2D eigenvalue weighted by atomic mass is 16.5. The Morgan fingerprint density at radius 2 is 1.40 bits per heavy atom. The zero-order valence-corrected chi connectivity index (χ0v) is 14.2. The summed E-state index contributed by atoms with van der Waals surface area (Å²) >= 11 is 0. The van der Waals surface area contributed by atoms with E-state index in [4.69, 9.17) is 4.74 Å². The summed E-state index contributed by atoms with van der Waals surface area (Å²) in [6, 6.07) is 24.5. The molecule has 0 fully saturated rings. The molecule has 0 saturated heterocycles. The first-order chi connectivity index (χ1) is 12.2. The first kappa shape index (κ1) is 15.7. The van der Waals surface area contributed by atoms with Crippen molar-refractivity contribution in [3.05, 3.63) is 78.4 Å². The largest absolute Gasteiger partial charge is 0.491 e. The summed E-state index contributed by atoms with van der Waals surface area (Å²) in [6.07, 6.45) is -0.584. The van der Waals surface area contributed by atoms with Gasteiger partial charge in [0, 0.05) is 21.8 Å². The molecule has 1 heterocycles. The van der Waals surface area contributed by atoms with Crippen LogP contribution in [0.5, 0.6) is 5.75 Å². The van der Waals surface area contributed by atoms with Crippen LogP contribution in [0.4, 0.5) is 0 Å². The normalized spacial score (nSPS) is 12.6. The van der Waals surface area contributed by atoms with E-state index in [0.717, 1.165) is 22.3 Å². The van der Waals surface area contributed by atoms with Crippen LogP contribution in [0.15, 0.2) is 72.8 Å². The lowest BCUT2D eigenvalue weighted by molar-refractivity contribution is 0.0942. The van der Waals surface area contributed by atoms with Crippen LogP contribution >= 0.6 is 0 Å². The fourth-order valence-corrected chi connectivity index (χ4v) is 3.37. The number of para-hydroxylation sites is 3. The summed E-state index contributed by atoms with van der Waals surface area (Å²) in [5.74, 6) is 0.823. The van der Waals surface area contributed by atoms with E-state index in [9.17, 15) is 5.11 Å². The summed E-state index contributed by atoms with van der Waals surface area (Å²) in [5.41, 5.74) is 3.35. The van der Waals surface area contributed by atoms with Crippen molar-refractivity contribution in [1.29, 1.82) is 0 Å². The van der Waals surface area contributed by atoms with Gasteiger partial charge in [0.15, 0.2) is 0 Å². The van der Waals surface area contributed by atoms with Crippen molar-refractivity contribution in [3.63, 3.8) is 0 Å². The molecule has 4 aromatic rings. The monoisotopic (exact) mass is 331 g/mol. The Labute approximate surface area is 147 Å². The Hall–Kier alpha value is -2.78. The topological polar surface area (TPSA) is 34.4 Å². The predicted octanol–water partition coefficient (Wildman–Crippen LogP) is 4.54. The molecule has 3 aromatic carbocycles. The molecule has 25 heavy (non-hydrogen) atoms. The van der Waals surface area contributed by atoms with Gasteiger partial charge < -0.3 is 14.4 Å². The van der Waals surface area contributed by atoms with E-state index in [2.05, 4.69) is 41.0 Å². The van der Waals surface area contributed by atoms with Gasteiger partial charge in [-0.25, -0.2) is 0 Å². The SMILES string of the molecule is Cc1ccccc1OC[C@@H](O)Cn1c2ccccc2c2ccccc21. The standard InChI is InChI=1S/C22H21NO2/c1-16-8-2-7-13-22(16)25-15-17(24)14-23-20-11-5-3-9-18(20)19-10-4-6-12-21(19)23/h2-13,17,24H,14-15H2,1H3/t17-/m0/s1. The van der Waals surface area contributed by atoms with E-state index in [0.29, 0.717) is 6.54 Å². The van der Waals surface area contributed by atoms with E-state index in [1.165, 1.54) is 10.8 Å². The molecule has 0 amide bonds. The number of aliphatic hydroxyl groups excluding tert-OH is 1. The van der Waals surface area contributed by atoms with E-state index in [1.807, 2.05) is 43.3 Å². The minimum atomic E-state index is -0.584. The van der Waals surface area contributed by atoms with Crippen LogP contribution in [-0.2, 0) is 6.54 Å². The molecule has 1 N–H and O–H groups in total. The highest BCUT2D eigenvalue weighted by Gasteiger charge is 2.14. The second kappa shape index (κ2) is 6.61. The van der Waals surface area contributed by atoms with Crippen LogP contribution < -0.4 is 4.74 Å². The molecule has 0 bridgehead atoms. The summed E-state index contributed by atoms with van der Waals surface area (Å²) in [7, 11) is 0. The number of nitrogens with zero attached hydrogens (tertiary/aromatic N) is 1. The number of hydrogen-bond donors (Lipinski definition) is 1. The fourth-order valence-electron chi connectivity index (χ4n) is 3.37. The van der Waals surface area contributed by atoms with Crippen molar-refractivity contribution < 1.29 is 9.84 Å². The molecule has 0 saturated carbocycles. The van der Waals surface area contributed by atoms with Crippen molar-refractivity contribution >= 4 is 21.8 Å². The molecular weight excluding hydrogens is 310 g/mol. The van der Waals surface area contributed by atoms with Gasteiger partial charge in [0.1, 0.15) is 18.5 Å². The van der Waals surface area contributed by atoms with Crippen molar-refractivity contribution in [2.24, 2.45) is 0 Å². The number of aryl methyl sites for hydroxylation is 1. The predicted molar refractivity (Wildman–Crippen MR) is 102 cm³/mol. The van der Waals surface area contributed by atoms with Gasteiger partial charge in [-0.15, -0.1) is 0 Å². The Balaban J connectivity index is 1.60. The number of benzene rings is 3. The first-order valence-electron chi connectivity index (χ1n) is 8.56. The van der Waals surface area contributed by atoms with Crippen LogP contribution in [-0.4, -0.2) is 22.4 Å². The molecule has 1 aromatic heterocycles. The summed E-state index contributed by atoms with van der Waals surface area (Å²) in [6.45, 7) is 2.78. The summed E-state index contributed by atoms with van der Waals surface area (Å²) in [5, 5.41) is 13.0. The average Bonchev–Trinajstić information content (AvgIpc) is 2.96. The molecule has 126 valence electrons. The molecule has 3 heteroatoms. The zero-order chi connectivity index (χ0) is 17.2. The van der Waals surface area contributed by atoms with Crippen molar-refractivity contribution in [2.45, 2.75) is 19.6 Å². The molecule has 3 nitrogen and oxygen atoms in total.